The number of alkyl halides is 1. The third-order valence-electron chi connectivity index (χ3n) is 1.70. The Kier molecular flexibility index (Phi) is 2.34. The first-order valence-electron chi connectivity index (χ1n) is 3.15. The van der Waals surface area contributed by atoms with E-state index in [4.69, 9.17) is 0 Å². The van der Waals surface area contributed by atoms with Crippen LogP contribution in [0.2, 0.25) is 0 Å². The summed E-state index contributed by atoms with van der Waals surface area (Å²) in [6.07, 6.45) is 0.927. The molecule has 1 saturated heterocycles. The SMILES string of the molecule is CC1(O)CCN(CI)C1. The number of hydrogen-bond donors (Lipinski definition) is 1. The molecule has 54 valence electrons. The maximum absolute atomic E-state index is 9.45. The molecule has 3 heteroatoms. The van der Waals surface area contributed by atoms with Gasteiger partial charge in [0.2, 0.25) is 0 Å². The van der Waals surface area contributed by atoms with Gasteiger partial charge in [-0.3, -0.25) is 4.90 Å². The second-order valence-corrected chi connectivity index (χ2v) is 3.60. The first-order chi connectivity index (χ1) is 4.14. The highest BCUT2D eigenvalue weighted by molar-refractivity contribution is 14.1. The summed E-state index contributed by atoms with van der Waals surface area (Å²) >= 11 is 2.32. The van der Waals surface area contributed by atoms with Gasteiger partial charge in [-0.1, -0.05) is 22.6 Å². The van der Waals surface area contributed by atoms with E-state index >= 15 is 0 Å². The average molecular weight is 241 g/mol. The fraction of sp³-hybridized carbons (Fsp3) is 1.00. The number of nitrogens with zero attached hydrogens (tertiary/aromatic N) is 1. The van der Waals surface area contributed by atoms with Crippen LogP contribution in [0.4, 0.5) is 0 Å². The summed E-state index contributed by atoms with van der Waals surface area (Å²) in [4.78, 5) is 2.25. The molecule has 1 heterocycles. The summed E-state index contributed by atoms with van der Waals surface area (Å²) in [5.41, 5.74) is -0.412. The number of rotatable bonds is 1. The minimum Gasteiger partial charge on any atom is -0.389 e. The van der Waals surface area contributed by atoms with E-state index in [0.717, 1.165) is 24.1 Å². The Morgan fingerprint density at radius 3 is 2.67 bits per heavy atom. The van der Waals surface area contributed by atoms with Gasteiger partial charge in [-0.15, -0.1) is 0 Å². The zero-order valence-electron chi connectivity index (χ0n) is 5.60. The lowest BCUT2D eigenvalue weighted by Crippen LogP contribution is -2.28. The van der Waals surface area contributed by atoms with Gasteiger partial charge in [-0.25, -0.2) is 0 Å². The molecule has 0 spiro atoms. The second kappa shape index (κ2) is 2.72. The van der Waals surface area contributed by atoms with Gasteiger partial charge in [0.05, 0.1) is 10.2 Å². The third kappa shape index (κ3) is 2.05. The Morgan fingerprint density at radius 2 is 2.44 bits per heavy atom. The van der Waals surface area contributed by atoms with Crippen molar-refractivity contribution in [2.75, 3.05) is 17.6 Å². The van der Waals surface area contributed by atoms with Crippen molar-refractivity contribution in [2.45, 2.75) is 18.9 Å². The summed E-state index contributed by atoms with van der Waals surface area (Å²) < 4.78 is 1.04. The van der Waals surface area contributed by atoms with Gasteiger partial charge in [0.15, 0.2) is 0 Å². The van der Waals surface area contributed by atoms with Crippen LogP contribution in [0.3, 0.4) is 0 Å². The van der Waals surface area contributed by atoms with Crippen LogP contribution in [0.1, 0.15) is 13.3 Å². The molecule has 1 aliphatic heterocycles. The number of hydrogen-bond acceptors (Lipinski definition) is 2. The van der Waals surface area contributed by atoms with Crippen LogP contribution in [0.15, 0.2) is 0 Å². The molecule has 0 aliphatic carbocycles. The van der Waals surface area contributed by atoms with Crippen molar-refractivity contribution in [3.05, 3.63) is 0 Å². The lowest BCUT2D eigenvalue weighted by atomic mass is 10.1. The predicted octanol–water partition coefficient (Wildman–Crippen LogP) is 0.836. The van der Waals surface area contributed by atoms with Crippen molar-refractivity contribution in [1.29, 1.82) is 0 Å². The van der Waals surface area contributed by atoms with Gasteiger partial charge in [0.25, 0.3) is 0 Å². The van der Waals surface area contributed by atoms with Crippen molar-refractivity contribution < 1.29 is 5.11 Å². The monoisotopic (exact) mass is 241 g/mol. The zero-order valence-corrected chi connectivity index (χ0v) is 7.76. The Hall–Kier alpha value is 0.650. The van der Waals surface area contributed by atoms with Crippen LogP contribution >= 0.6 is 22.6 Å². The van der Waals surface area contributed by atoms with E-state index in [0.29, 0.717) is 0 Å². The van der Waals surface area contributed by atoms with Crippen molar-refractivity contribution in [3.8, 4) is 0 Å². The average Bonchev–Trinajstić information content (AvgIpc) is 2.10. The minimum atomic E-state index is -0.412. The molecule has 0 aromatic rings. The molecule has 1 N–H and O–H groups in total. The molecular formula is C6H12INO. The molecule has 0 radical (unpaired) electrons. The van der Waals surface area contributed by atoms with Gasteiger partial charge < -0.3 is 5.11 Å². The molecule has 0 bridgehead atoms. The first-order valence-corrected chi connectivity index (χ1v) is 4.67. The molecule has 1 atom stereocenters. The highest BCUT2D eigenvalue weighted by Crippen LogP contribution is 2.20. The summed E-state index contributed by atoms with van der Waals surface area (Å²) in [7, 11) is 0. The largest absolute Gasteiger partial charge is 0.389 e. The van der Waals surface area contributed by atoms with Gasteiger partial charge in [-0.2, -0.15) is 0 Å². The van der Waals surface area contributed by atoms with E-state index in [1.165, 1.54) is 0 Å². The van der Waals surface area contributed by atoms with Gasteiger partial charge in [0, 0.05) is 13.1 Å². The summed E-state index contributed by atoms with van der Waals surface area (Å²) in [5.74, 6) is 0. The third-order valence-corrected chi connectivity index (χ3v) is 2.66. The first kappa shape index (κ1) is 7.75. The molecule has 1 rings (SSSR count). The van der Waals surface area contributed by atoms with Crippen LogP contribution in [-0.2, 0) is 0 Å². The van der Waals surface area contributed by atoms with Crippen LogP contribution in [-0.4, -0.2) is 33.2 Å². The number of β-amino-alcohol motifs (C(OH)–C–C–N with tert-alkyl or cyclic N) is 1. The Balaban J connectivity index is 2.38. The summed E-state index contributed by atoms with van der Waals surface area (Å²) in [5, 5.41) is 9.45. The quantitative estimate of drug-likeness (QED) is 0.417. The van der Waals surface area contributed by atoms with E-state index in [-0.39, 0.29) is 0 Å². The van der Waals surface area contributed by atoms with Crippen molar-refractivity contribution in [3.63, 3.8) is 0 Å². The van der Waals surface area contributed by atoms with Gasteiger partial charge >= 0.3 is 0 Å². The second-order valence-electron chi connectivity index (χ2n) is 2.92. The highest BCUT2D eigenvalue weighted by atomic mass is 127. The highest BCUT2D eigenvalue weighted by Gasteiger charge is 2.30. The zero-order chi connectivity index (χ0) is 6.91. The summed E-state index contributed by atoms with van der Waals surface area (Å²) in [6, 6.07) is 0. The molecule has 1 unspecified atom stereocenters. The molecular weight excluding hydrogens is 229 g/mol. The molecule has 2 nitrogen and oxygen atoms in total. The molecule has 1 fully saturated rings. The molecule has 0 amide bonds. The van der Waals surface area contributed by atoms with Crippen LogP contribution in [0.5, 0.6) is 0 Å². The van der Waals surface area contributed by atoms with Crippen molar-refractivity contribution in [1.82, 2.24) is 4.90 Å². The number of halogens is 1. The van der Waals surface area contributed by atoms with Gasteiger partial charge in [0.1, 0.15) is 0 Å². The number of likely N-dealkylation sites (tertiary alicyclic amines) is 1. The van der Waals surface area contributed by atoms with Crippen LogP contribution in [0, 0.1) is 0 Å². The normalized spacial score (nSPS) is 37.7. The fourth-order valence-electron chi connectivity index (χ4n) is 1.14. The molecule has 0 aromatic heterocycles. The van der Waals surface area contributed by atoms with Crippen molar-refractivity contribution in [2.24, 2.45) is 0 Å². The molecule has 1 aliphatic rings. The maximum Gasteiger partial charge on any atom is 0.0758 e. The fourth-order valence-corrected chi connectivity index (χ4v) is 1.72. The van der Waals surface area contributed by atoms with Crippen molar-refractivity contribution >= 4 is 22.6 Å². The van der Waals surface area contributed by atoms with Crippen LogP contribution < -0.4 is 0 Å². The topological polar surface area (TPSA) is 23.5 Å². The standard InChI is InChI=1S/C6H12INO/c1-6(9)2-3-8(4-6)5-7/h9H,2-5H2,1H3. The maximum atomic E-state index is 9.45. The van der Waals surface area contributed by atoms with Gasteiger partial charge in [-0.05, 0) is 13.3 Å². The molecule has 0 saturated carbocycles. The Morgan fingerprint density at radius 1 is 1.78 bits per heavy atom. The minimum absolute atomic E-state index is 0.412. The smallest absolute Gasteiger partial charge is 0.0758 e. The van der Waals surface area contributed by atoms with Crippen LogP contribution in [0.25, 0.3) is 0 Å². The Bertz CT molecular complexity index is 105. The van der Waals surface area contributed by atoms with E-state index in [2.05, 4.69) is 27.5 Å². The predicted molar refractivity (Wildman–Crippen MR) is 45.7 cm³/mol. The van der Waals surface area contributed by atoms with E-state index in [9.17, 15) is 5.11 Å². The molecule has 0 aromatic carbocycles. The van der Waals surface area contributed by atoms with E-state index in [1.807, 2.05) is 6.92 Å². The summed E-state index contributed by atoms with van der Waals surface area (Å²) in [6.45, 7) is 3.80. The molecule has 9 heavy (non-hydrogen) atoms. The van der Waals surface area contributed by atoms with E-state index in [1.54, 1.807) is 0 Å². The lowest BCUT2D eigenvalue weighted by Gasteiger charge is -2.15. The van der Waals surface area contributed by atoms with E-state index < -0.39 is 5.60 Å². The Labute approximate surface area is 69.4 Å². The lowest BCUT2D eigenvalue weighted by molar-refractivity contribution is 0.0715. The number of aliphatic hydroxyl groups is 1.